The van der Waals surface area contributed by atoms with Gasteiger partial charge in [-0.3, -0.25) is 0 Å². The molecule has 0 fully saturated rings. The van der Waals surface area contributed by atoms with Gasteiger partial charge >= 0.3 is 0 Å². The van der Waals surface area contributed by atoms with E-state index in [9.17, 15) is 0 Å². The smallest absolute Gasteiger partial charge is 0.0627 e. The van der Waals surface area contributed by atoms with Gasteiger partial charge in [0.15, 0.2) is 0 Å². The first-order valence-corrected chi connectivity index (χ1v) is 6.80. The van der Waals surface area contributed by atoms with Crippen molar-refractivity contribution >= 4 is 23.2 Å². The number of benzene rings is 1. The van der Waals surface area contributed by atoms with Gasteiger partial charge in [-0.05, 0) is 44.0 Å². The van der Waals surface area contributed by atoms with Gasteiger partial charge in [-0.25, -0.2) is 0 Å². The number of hydrogen-bond donors (Lipinski definition) is 1. The van der Waals surface area contributed by atoms with Gasteiger partial charge in [0.05, 0.1) is 10.0 Å². The summed E-state index contributed by atoms with van der Waals surface area (Å²) in [5.74, 6) is 0. The van der Waals surface area contributed by atoms with E-state index in [4.69, 9.17) is 23.2 Å². The standard InChI is InChI=1S/C14H19Cl2N/c1-2-10-17-11-5-3-4-7-12-8-6-9-13(15)14(12)16/h3-4,6,8-9,17H,2,5,7,10-11H2,1H3/b4-3+. The Labute approximate surface area is 114 Å². The third kappa shape index (κ3) is 5.58. The van der Waals surface area contributed by atoms with Gasteiger partial charge in [0.2, 0.25) is 0 Å². The van der Waals surface area contributed by atoms with Crippen LogP contribution in [0.4, 0.5) is 0 Å². The molecular formula is C14H19Cl2N. The third-order valence-electron chi connectivity index (χ3n) is 2.45. The Morgan fingerprint density at radius 3 is 2.76 bits per heavy atom. The molecule has 1 N–H and O–H groups in total. The van der Waals surface area contributed by atoms with Crippen molar-refractivity contribution in [2.24, 2.45) is 0 Å². The number of allylic oxidation sites excluding steroid dienone is 1. The number of nitrogens with one attached hydrogen (secondary N) is 1. The lowest BCUT2D eigenvalue weighted by atomic mass is 10.1. The highest BCUT2D eigenvalue weighted by Crippen LogP contribution is 2.25. The first-order valence-electron chi connectivity index (χ1n) is 6.04. The van der Waals surface area contributed by atoms with E-state index < -0.39 is 0 Å². The molecule has 0 aromatic heterocycles. The molecule has 0 heterocycles. The van der Waals surface area contributed by atoms with E-state index >= 15 is 0 Å². The summed E-state index contributed by atoms with van der Waals surface area (Å²) in [6, 6.07) is 5.75. The average Bonchev–Trinajstić information content (AvgIpc) is 2.33. The molecule has 1 nitrogen and oxygen atoms in total. The molecule has 0 amide bonds. The first-order chi connectivity index (χ1) is 8.25. The Kier molecular flexibility index (Phi) is 7.34. The molecule has 1 aromatic carbocycles. The highest BCUT2D eigenvalue weighted by atomic mass is 35.5. The Morgan fingerprint density at radius 1 is 1.18 bits per heavy atom. The van der Waals surface area contributed by atoms with Gasteiger partial charge in [-0.1, -0.05) is 54.4 Å². The van der Waals surface area contributed by atoms with Crippen molar-refractivity contribution in [1.82, 2.24) is 5.32 Å². The highest BCUT2D eigenvalue weighted by molar-refractivity contribution is 6.42. The summed E-state index contributed by atoms with van der Waals surface area (Å²) in [5, 5.41) is 4.65. The van der Waals surface area contributed by atoms with Gasteiger partial charge in [0.25, 0.3) is 0 Å². The zero-order valence-electron chi connectivity index (χ0n) is 10.2. The Bertz CT molecular complexity index is 361. The molecule has 0 aliphatic carbocycles. The van der Waals surface area contributed by atoms with Gasteiger partial charge in [0, 0.05) is 0 Å². The number of rotatable bonds is 7. The van der Waals surface area contributed by atoms with E-state index in [-0.39, 0.29) is 0 Å². The maximum atomic E-state index is 6.10. The second-order valence-corrected chi connectivity index (χ2v) is 4.71. The molecule has 0 aliphatic rings. The summed E-state index contributed by atoms with van der Waals surface area (Å²) >= 11 is 12.0. The van der Waals surface area contributed by atoms with Crippen LogP contribution in [-0.4, -0.2) is 13.1 Å². The molecular weight excluding hydrogens is 253 g/mol. The SMILES string of the molecule is CCCNCC/C=C/Cc1cccc(Cl)c1Cl. The lowest BCUT2D eigenvalue weighted by Crippen LogP contribution is -2.14. The van der Waals surface area contributed by atoms with Crippen molar-refractivity contribution in [3.63, 3.8) is 0 Å². The fourth-order valence-corrected chi connectivity index (χ4v) is 1.92. The van der Waals surface area contributed by atoms with Crippen LogP contribution >= 0.6 is 23.2 Å². The molecule has 1 rings (SSSR count). The maximum Gasteiger partial charge on any atom is 0.0627 e. The summed E-state index contributed by atoms with van der Waals surface area (Å²) in [5.41, 5.74) is 1.08. The van der Waals surface area contributed by atoms with Crippen LogP contribution < -0.4 is 5.32 Å². The van der Waals surface area contributed by atoms with Crippen molar-refractivity contribution in [3.05, 3.63) is 46.0 Å². The van der Waals surface area contributed by atoms with Crippen LogP contribution in [-0.2, 0) is 6.42 Å². The molecule has 0 saturated carbocycles. The van der Waals surface area contributed by atoms with Gasteiger partial charge in [-0.2, -0.15) is 0 Å². The molecule has 94 valence electrons. The van der Waals surface area contributed by atoms with Crippen molar-refractivity contribution < 1.29 is 0 Å². The average molecular weight is 272 g/mol. The van der Waals surface area contributed by atoms with E-state index in [1.807, 2.05) is 18.2 Å². The fraction of sp³-hybridized carbons (Fsp3) is 0.429. The Morgan fingerprint density at radius 2 is 2.00 bits per heavy atom. The molecule has 17 heavy (non-hydrogen) atoms. The van der Waals surface area contributed by atoms with Crippen LogP contribution in [0.3, 0.4) is 0 Å². The minimum Gasteiger partial charge on any atom is -0.316 e. The van der Waals surface area contributed by atoms with Crippen molar-refractivity contribution in [2.75, 3.05) is 13.1 Å². The van der Waals surface area contributed by atoms with Crippen molar-refractivity contribution in [3.8, 4) is 0 Å². The fourth-order valence-electron chi connectivity index (χ4n) is 1.52. The summed E-state index contributed by atoms with van der Waals surface area (Å²) in [6.07, 6.45) is 7.40. The normalized spacial score (nSPS) is 11.2. The minimum absolute atomic E-state index is 0.627. The third-order valence-corrected chi connectivity index (χ3v) is 3.31. The van der Waals surface area contributed by atoms with Crippen LogP contribution in [0, 0.1) is 0 Å². The molecule has 0 saturated heterocycles. The van der Waals surface area contributed by atoms with Gasteiger partial charge in [0.1, 0.15) is 0 Å². The molecule has 0 aliphatic heterocycles. The molecule has 0 bridgehead atoms. The highest BCUT2D eigenvalue weighted by Gasteiger charge is 2.01. The molecule has 3 heteroatoms. The lowest BCUT2D eigenvalue weighted by molar-refractivity contribution is 0.678. The summed E-state index contributed by atoms with van der Waals surface area (Å²) in [6.45, 7) is 4.30. The summed E-state index contributed by atoms with van der Waals surface area (Å²) < 4.78 is 0. The molecule has 0 radical (unpaired) electrons. The van der Waals surface area contributed by atoms with E-state index in [0.717, 1.165) is 31.5 Å². The lowest BCUT2D eigenvalue weighted by Gasteiger charge is -2.02. The molecule has 0 atom stereocenters. The largest absolute Gasteiger partial charge is 0.316 e. The minimum atomic E-state index is 0.627. The van der Waals surface area contributed by atoms with Crippen LogP contribution in [0.2, 0.25) is 10.0 Å². The first kappa shape index (κ1) is 14.6. The summed E-state index contributed by atoms with van der Waals surface area (Å²) in [7, 11) is 0. The number of hydrogen-bond acceptors (Lipinski definition) is 1. The Hall–Kier alpha value is -0.500. The Balaban J connectivity index is 2.30. The van der Waals surface area contributed by atoms with Crippen LogP contribution in [0.1, 0.15) is 25.3 Å². The van der Waals surface area contributed by atoms with Crippen LogP contribution in [0.25, 0.3) is 0 Å². The molecule has 0 unspecified atom stereocenters. The van der Waals surface area contributed by atoms with Crippen molar-refractivity contribution in [2.45, 2.75) is 26.2 Å². The van der Waals surface area contributed by atoms with Crippen LogP contribution in [0.5, 0.6) is 0 Å². The zero-order valence-corrected chi connectivity index (χ0v) is 11.7. The summed E-state index contributed by atoms with van der Waals surface area (Å²) in [4.78, 5) is 0. The number of halogens is 2. The second kappa shape index (κ2) is 8.57. The van der Waals surface area contributed by atoms with Crippen molar-refractivity contribution in [1.29, 1.82) is 0 Å². The predicted octanol–water partition coefficient (Wildman–Crippen LogP) is 4.48. The van der Waals surface area contributed by atoms with E-state index in [1.165, 1.54) is 6.42 Å². The quantitative estimate of drug-likeness (QED) is 0.570. The van der Waals surface area contributed by atoms with Crippen LogP contribution in [0.15, 0.2) is 30.4 Å². The van der Waals surface area contributed by atoms with E-state index in [1.54, 1.807) is 0 Å². The van der Waals surface area contributed by atoms with E-state index in [0.29, 0.717) is 10.0 Å². The molecule has 0 spiro atoms. The zero-order chi connectivity index (χ0) is 12.5. The second-order valence-electron chi connectivity index (χ2n) is 3.93. The van der Waals surface area contributed by atoms with E-state index in [2.05, 4.69) is 24.4 Å². The monoisotopic (exact) mass is 271 g/mol. The van der Waals surface area contributed by atoms with Gasteiger partial charge in [-0.15, -0.1) is 0 Å². The maximum absolute atomic E-state index is 6.10. The molecule has 1 aromatic rings. The predicted molar refractivity (Wildman–Crippen MR) is 77.1 cm³/mol. The van der Waals surface area contributed by atoms with Gasteiger partial charge < -0.3 is 5.32 Å². The topological polar surface area (TPSA) is 12.0 Å².